The van der Waals surface area contributed by atoms with Crippen molar-refractivity contribution in [1.82, 2.24) is 9.80 Å². The molecular formula is C15H20N2O2. The lowest BCUT2D eigenvalue weighted by Crippen LogP contribution is -2.49. The summed E-state index contributed by atoms with van der Waals surface area (Å²) in [6, 6.07) is 9.39. The van der Waals surface area contributed by atoms with Gasteiger partial charge in [-0.15, -0.1) is 0 Å². The number of piperazine rings is 1. The first-order chi connectivity index (χ1) is 9.16. The predicted molar refractivity (Wildman–Crippen MR) is 74.1 cm³/mol. The lowest BCUT2D eigenvalue weighted by Gasteiger charge is -2.34. The standard InChI is InChI=1S/C15H20N2O2/c1-13(18)7-8-16-9-11-17(12-10-16)15(19)14-5-3-2-4-6-14/h2-6H,7-12H2,1H3. The highest BCUT2D eigenvalue weighted by molar-refractivity contribution is 5.94. The van der Waals surface area contributed by atoms with Gasteiger partial charge >= 0.3 is 0 Å². The van der Waals surface area contributed by atoms with E-state index in [1.165, 1.54) is 0 Å². The first-order valence-corrected chi connectivity index (χ1v) is 6.73. The highest BCUT2D eigenvalue weighted by atomic mass is 16.2. The summed E-state index contributed by atoms with van der Waals surface area (Å²) in [6.45, 7) is 5.62. The van der Waals surface area contributed by atoms with Gasteiger partial charge in [-0.1, -0.05) is 18.2 Å². The van der Waals surface area contributed by atoms with E-state index in [0.717, 1.165) is 38.3 Å². The van der Waals surface area contributed by atoms with Crippen LogP contribution in [0.2, 0.25) is 0 Å². The quantitative estimate of drug-likeness (QED) is 0.822. The van der Waals surface area contributed by atoms with Crippen LogP contribution in [0.4, 0.5) is 0 Å². The minimum atomic E-state index is 0.104. The van der Waals surface area contributed by atoms with Gasteiger partial charge < -0.3 is 4.90 Å². The third-order valence-corrected chi connectivity index (χ3v) is 3.46. The van der Waals surface area contributed by atoms with Crippen LogP contribution in [0.25, 0.3) is 0 Å². The second-order valence-electron chi connectivity index (χ2n) is 4.95. The maximum atomic E-state index is 12.2. The van der Waals surface area contributed by atoms with Gasteiger partial charge in [-0.3, -0.25) is 14.5 Å². The van der Waals surface area contributed by atoms with Gasteiger partial charge in [0, 0.05) is 44.7 Å². The lowest BCUT2D eigenvalue weighted by molar-refractivity contribution is -0.117. The number of ketones is 1. The third-order valence-electron chi connectivity index (χ3n) is 3.46. The minimum Gasteiger partial charge on any atom is -0.336 e. The van der Waals surface area contributed by atoms with Crippen LogP contribution in [0.1, 0.15) is 23.7 Å². The molecule has 1 aliphatic heterocycles. The molecule has 0 radical (unpaired) electrons. The Bertz CT molecular complexity index is 437. The van der Waals surface area contributed by atoms with E-state index < -0.39 is 0 Å². The molecule has 0 aliphatic carbocycles. The maximum Gasteiger partial charge on any atom is 0.253 e. The van der Waals surface area contributed by atoms with Crippen molar-refractivity contribution in [2.45, 2.75) is 13.3 Å². The van der Waals surface area contributed by atoms with E-state index in [1.807, 2.05) is 35.2 Å². The molecule has 0 unspecified atom stereocenters. The van der Waals surface area contributed by atoms with Gasteiger partial charge in [0.1, 0.15) is 5.78 Å². The summed E-state index contributed by atoms with van der Waals surface area (Å²) in [5.41, 5.74) is 0.750. The monoisotopic (exact) mass is 260 g/mol. The molecule has 1 heterocycles. The molecule has 1 aromatic rings. The van der Waals surface area contributed by atoms with Crippen LogP contribution < -0.4 is 0 Å². The van der Waals surface area contributed by atoms with Crippen molar-refractivity contribution in [3.05, 3.63) is 35.9 Å². The molecular weight excluding hydrogens is 240 g/mol. The molecule has 1 saturated heterocycles. The fourth-order valence-corrected chi connectivity index (χ4v) is 2.25. The average Bonchev–Trinajstić information content (AvgIpc) is 2.46. The Morgan fingerprint density at radius 3 is 2.26 bits per heavy atom. The van der Waals surface area contributed by atoms with Crippen LogP contribution in [0.5, 0.6) is 0 Å². The second-order valence-corrected chi connectivity index (χ2v) is 4.95. The molecule has 102 valence electrons. The Balaban J connectivity index is 1.83. The molecule has 1 amide bonds. The fraction of sp³-hybridized carbons (Fsp3) is 0.467. The molecule has 1 aromatic carbocycles. The first kappa shape index (κ1) is 13.7. The van der Waals surface area contributed by atoms with Crippen LogP contribution in [0, 0.1) is 0 Å². The molecule has 4 heteroatoms. The molecule has 1 aliphatic rings. The zero-order valence-electron chi connectivity index (χ0n) is 11.3. The van der Waals surface area contributed by atoms with E-state index in [1.54, 1.807) is 6.92 Å². The summed E-state index contributed by atoms with van der Waals surface area (Å²) in [7, 11) is 0. The largest absolute Gasteiger partial charge is 0.336 e. The highest BCUT2D eigenvalue weighted by Crippen LogP contribution is 2.09. The predicted octanol–water partition coefficient (Wildman–Crippen LogP) is 1.42. The molecule has 0 bridgehead atoms. The molecule has 1 fully saturated rings. The van der Waals surface area contributed by atoms with Crippen molar-refractivity contribution in [2.75, 3.05) is 32.7 Å². The van der Waals surface area contributed by atoms with Crippen LogP contribution >= 0.6 is 0 Å². The summed E-state index contributed by atoms with van der Waals surface area (Å²) >= 11 is 0. The molecule has 0 N–H and O–H groups in total. The highest BCUT2D eigenvalue weighted by Gasteiger charge is 2.21. The zero-order valence-corrected chi connectivity index (χ0v) is 11.3. The number of rotatable bonds is 4. The second kappa shape index (κ2) is 6.48. The summed E-state index contributed by atoms with van der Waals surface area (Å²) in [4.78, 5) is 27.3. The number of nitrogens with zero attached hydrogens (tertiary/aromatic N) is 2. The van der Waals surface area contributed by atoms with Gasteiger partial charge in [-0.25, -0.2) is 0 Å². The molecule has 0 aromatic heterocycles. The Kier molecular flexibility index (Phi) is 4.68. The third kappa shape index (κ3) is 3.89. The van der Waals surface area contributed by atoms with Crippen LogP contribution in [0.15, 0.2) is 30.3 Å². The van der Waals surface area contributed by atoms with Gasteiger partial charge in [0.05, 0.1) is 0 Å². The maximum absolute atomic E-state index is 12.2. The molecule has 0 saturated carbocycles. The lowest BCUT2D eigenvalue weighted by atomic mass is 10.2. The van der Waals surface area contributed by atoms with E-state index in [4.69, 9.17) is 0 Å². The van der Waals surface area contributed by atoms with Crippen molar-refractivity contribution in [1.29, 1.82) is 0 Å². The minimum absolute atomic E-state index is 0.104. The van der Waals surface area contributed by atoms with Crippen LogP contribution in [-0.2, 0) is 4.79 Å². The molecule has 0 atom stereocenters. The van der Waals surface area contributed by atoms with Crippen molar-refractivity contribution in [2.24, 2.45) is 0 Å². The number of benzene rings is 1. The SMILES string of the molecule is CC(=O)CCN1CCN(C(=O)c2ccccc2)CC1. The van der Waals surface area contributed by atoms with E-state index in [0.29, 0.717) is 6.42 Å². The van der Waals surface area contributed by atoms with Gasteiger partial charge in [0.2, 0.25) is 0 Å². The fourth-order valence-electron chi connectivity index (χ4n) is 2.25. The number of carbonyl (C=O) groups is 2. The van der Waals surface area contributed by atoms with E-state index in [2.05, 4.69) is 4.90 Å². The molecule has 4 nitrogen and oxygen atoms in total. The topological polar surface area (TPSA) is 40.6 Å². The average molecular weight is 260 g/mol. The first-order valence-electron chi connectivity index (χ1n) is 6.73. The number of Topliss-reactive ketones (excluding diaryl/α,β-unsaturated/α-hetero) is 1. The van der Waals surface area contributed by atoms with Crippen molar-refractivity contribution in [3.8, 4) is 0 Å². The van der Waals surface area contributed by atoms with Crippen molar-refractivity contribution < 1.29 is 9.59 Å². The number of hydrogen-bond acceptors (Lipinski definition) is 3. The molecule has 0 spiro atoms. The van der Waals surface area contributed by atoms with E-state index in [9.17, 15) is 9.59 Å². The molecule has 2 rings (SSSR count). The van der Waals surface area contributed by atoms with E-state index >= 15 is 0 Å². The van der Waals surface area contributed by atoms with Crippen LogP contribution in [0.3, 0.4) is 0 Å². The summed E-state index contributed by atoms with van der Waals surface area (Å²) in [5, 5.41) is 0. The summed E-state index contributed by atoms with van der Waals surface area (Å²) < 4.78 is 0. The Morgan fingerprint density at radius 2 is 1.68 bits per heavy atom. The normalized spacial score (nSPS) is 16.4. The summed E-state index contributed by atoms with van der Waals surface area (Å²) in [6.07, 6.45) is 0.604. The Hall–Kier alpha value is -1.68. The number of amides is 1. The van der Waals surface area contributed by atoms with Crippen LogP contribution in [-0.4, -0.2) is 54.2 Å². The number of hydrogen-bond donors (Lipinski definition) is 0. The van der Waals surface area contributed by atoms with Crippen molar-refractivity contribution in [3.63, 3.8) is 0 Å². The van der Waals surface area contributed by atoms with Gasteiger partial charge in [-0.05, 0) is 19.1 Å². The summed E-state index contributed by atoms with van der Waals surface area (Å²) in [5.74, 6) is 0.328. The van der Waals surface area contributed by atoms with E-state index in [-0.39, 0.29) is 11.7 Å². The van der Waals surface area contributed by atoms with Gasteiger partial charge in [-0.2, -0.15) is 0 Å². The zero-order chi connectivity index (χ0) is 13.7. The Morgan fingerprint density at radius 1 is 1.05 bits per heavy atom. The number of carbonyl (C=O) groups excluding carboxylic acids is 2. The van der Waals surface area contributed by atoms with Gasteiger partial charge in [0.15, 0.2) is 0 Å². The van der Waals surface area contributed by atoms with Gasteiger partial charge in [0.25, 0.3) is 5.91 Å². The molecule has 19 heavy (non-hydrogen) atoms. The van der Waals surface area contributed by atoms with Crippen molar-refractivity contribution >= 4 is 11.7 Å². The Labute approximate surface area is 114 Å². The smallest absolute Gasteiger partial charge is 0.253 e.